The summed E-state index contributed by atoms with van der Waals surface area (Å²) >= 11 is 0. The average molecular weight is 292 g/mol. The summed E-state index contributed by atoms with van der Waals surface area (Å²) in [5, 5.41) is 13.4. The summed E-state index contributed by atoms with van der Waals surface area (Å²) in [6, 6.07) is 4.02. The highest BCUT2D eigenvalue weighted by Crippen LogP contribution is 2.37. The lowest BCUT2D eigenvalue weighted by atomic mass is 10.1. The molecule has 5 heteroatoms. The van der Waals surface area contributed by atoms with Crippen molar-refractivity contribution in [2.45, 2.75) is 38.8 Å². The van der Waals surface area contributed by atoms with Gasteiger partial charge in [-0.05, 0) is 38.9 Å². The topological polar surface area (TPSA) is 54.0 Å². The number of piperidine rings is 1. The molecule has 0 radical (unpaired) electrons. The number of likely N-dealkylation sites (tertiary alicyclic amines) is 1. The van der Waals surface area contributed by atoms with Gasteiger partial charge < -0.3 is 19.9 Å². The van der Waals surface area contributed by atoms with Crippen LogP contribution in [0.25, 0.3) is 0 Å². The number of phenols is 1. The first-order chi connectivity index (χ1) is 10.2. The van der Waals surface area contributed by atoms with Gasteiger partial charge in [0.15, 0.2) is 11.5 Å². The van der Waals surface area contributed by atoms with E-state index in [1.54, 1.807) is 6.07 Å². The number of rotatable bonds is 5. The Morgan fingerprint density at radius 1 is 1.19 bits per heavy atom. The van der Waals surface area contributed by atoms with E-state index in [1.165, 1.54) is 32.4 Å². The van der Waals surface area contributed by atoms with E-state index in [2.05, 4.69) is 17.1 Å². The number of phenolic OH excluding ortho intramolecular Hbond substituents is 1. The van der Waals surface area contributed by atoms with Crippen LogP contribution in [0, 0.1) is 0 Å². The van der Waals surface area contributed by atoms with E-state index in [-0.39, 0.29) is 12.5 Å². The molecule has 116 valence electrons. The average Bonchev–Trinajstić information content (AvgIpc) is 2.95. The van der Waals surface area contributed by atoms with Crippen LogP contribution in [0.4, 0.5) is 0 Å². The fourth-order valence-corrected chi connectivity index (χ4v) is 3.02. The van der Waals surface area contributed by atoms with Crippen molar-refractivity contribution in [3.63, 3.8) is 0 Å². The monoisotopic (exact) mass is 292 g/mol. The van der Waals surface area contributed by atoms with Crippen LogP contribution in [-0.2, 0) is 6.54 Å². The molecule has 5 nitrogen and oxygen atoms in total. The molecule has 1 aromatic rings. The Bertz CT molecular complexity index is 487. The molecular formula is C16H24N2O3. The molecular weight excluding hydrogens is 268 g/mol. The van der Waals surface area contributed by atoms with Crippen molar-refractivity contribution in [1.29, 1.82) is 0 Å². The molecule has 1 saturated heterocycles. The van der Waals surface area contributed by atoms with E-state index >= 15 is 0 Å². The van der Waals surface area contributed by atoms with E-state index in [9.17, 15) is 5.11 Å². The van der Waals surface area contributed by atoms with Crippen LogP contribution in [0.15, 0.2) is 12.1 Å². The van der Waals surface area contributed by atoms with Crippen molar-refractivity contribution in [2.24, 2.45) is 0 Å². The summed E-state index contributed by atoms with van der Waals surface area (Å²) < 4.78 is 10.6. The second kappa shape index (κ2) is 6.54. The molecule has 2 heterocycles. The summed E-state index contributed by atoms with van der Waals surface area (Å²) in [5.74, 6) is 1.60. The number of fused-ring (bicyclic) bond motifs is 1. The van der Waals surface area contributed by atoms with Gasteiger partial charge in [-0.25, -0.2) is 0 Å². The van der Waals surface area contributed by atoms with Crippen molar-refractivity contribution < 1.29 is 14.6 Å². The van der Waals surface area contributed by atoms with Crippen LogP contribution in [0.1, 0.15) is 31.7 Å². The number of benzene rings is 1. The van der Waals surface area contributed by atoms with Crippen LogP contribution < -0.4 is 14.8 Å². The minimum Gasteiger partial charge on any atom is -0.507 e. The van der Waals surface area contributed by atoms with E-state index in [0.29, 0.717) is 24.1 Å². The van der Waals surface area contributed by atoms with Crippen LogP contribution in [0.5, 0.6) is 17.2 Å². The fourth-order valence-electron chi connectivity index (χ4n) is 3.02. The second-order valence-electron chi connectivity index (χ2n) is 5.91. The summed E-state index contributed by atoms with van der Waals surface area (Å²) in [6.45, 7) is 6.47. The lowest BCUT2D eigenvalue weighted by molar-refractivity contribution is 0.170. The van der Waals surface area contributed by atoms with Gasteiger partial charge >= 0.3 is 0 Å². The Morgan fingerprint density at radius 3 is 2.67 bits per heavy atom. The third kappa shape index (κ3) is 3.41. The molecule has 0 aromatic heterocycles. The van der Waals surface area contributed by atoms with Crippen LogP contribution in [0.2, 0.25) is 0 Å². The quantitative estimate of drug-likeness (QED) is 0.870. The summed E-state index contributed by atoms with van der Waals surface area (Å²) in [6.07, 6.45) is 3.99. The van der Waals surface area contributed by atoms with E-state index in [4.69, 9.17) is 9.47 Å². The lowest BCUT2D eigenvalue weighted by Crippen LogP contribution is -2.42. The van der Waals surface area contributed by atoms with Gasteiger partial charge in [0, 0.05) is 30.8 Å². The number of hydrogen-bond donors (Lipinski definition) is 2. The predicted molar refractivity (Wildman–Crippen MR) is 80.8 cm³/mol. The van der Waals surface area contributed by atoms with Gasteiger partial charge in [-0.1, -0.05) is 6.42 Å². The van der Waals surface area contributed by atoms with Gasteiger partial charge in [-0.2, -0.15) is 0 Å². The maximum Gasteiger partial charge on any atom is 0.231 e. The van der Waals surface area contributed by atoms with Gasteiger partial charge in [0.1, 0.15) is 5.75 Å². The van der Waals surface area contributed by atoms with Gasteiger partial charge in [0.05, 0.1) is 0 Å². The Morgan fingerprint density at radius 2 is 1.90 bits per heavy atom. The van der Waals surface area contributed by atoms with Gasteiger partial charge in [-0.15, -0.1) is 0 Å². The standard InChI is InChI=1S/C16H24N2O3/c1-12(18-5-3-2-4-6-18)9-17-10-13-7-15-16(8-14(13)19)21-11-20-15/h7-8,12,17,19H,2-6,9-11H2,1H3. The van der Waals surface area contributed by atoms with E-state index < -0.39 is 0 Å². The Labute approximate surface area is 125 Å². The molecule has 3 rings (SSSR count). The Kier molecular flexibility index (Phi) is 4.51. The zero-order chi connectivity index (χ0) is 14.7. The third-order valence-electron chi connectivity index (χ3n) is 4.34. The maximum atomic E-state index is 10.0. The first-order valence-corrected chi connectivity index (χ1v) is 7.80. The van der Waals surface area contributed by atoms with E-state index in [1.807, 2.05) is 6.07 Å². The van der Waals surface area contributed by atoms with Gasteiger partial charge in [-0.3, -0.25) is 4.90 Å². The highest BCUT2D eigenvalue weighted by atomic mass is 16.7. The highest BCUT2D eigenvalue weighted by molar-refractivity contribution is 5.51. The number of aromatic hydroxyl groups is 1. The second-order valence-corrected chi connectivity index (χ2v) is 5.91. The normalized spacial score (nSPS) is 19.7. The molecule has 0 aliphatic carbocycles. The summed E-state index contributed by atoms with van der Waals surface area (Å²) in [7, 11) is 0. The fraction of sp³-hybridized carbons (Fsp3) is 0.625. The minimum absolute atomic E-state index is 0.234. The Hall–Kier alpha value is -1.46. The highest BCUT2D eigenvalue weighted by Gasteiger charge is 2.18. The zero-order valence-electron chi connectivity index (χ0n) is 12.6. The molecule has 0 saturated carbocycles. The molecule has 0 bridgehead atoms. The molecule has 2 N–H and O–H groups in total. The lowest BCUT2D eigenvalue weighted by Gasteiger charge is -2.32. The molecule has 1 unspecified atom stereocenters. The molecule has 1 atom stereocenters. The minimum atomic E-state index is 0.234. The smallest absolute Gasteiger partial charge is 0.231 e. The molecule has 0 amide bonds. The molecule has 1 aromatic carbocycles. The number of nitrogens with zero attached hydrogens (tertiary/aromatic N) is 1. The molecule has 1 fully saturated rings. The zero-order valence-corrected chi connectivity index (χ0v) is 12.6. The molecule has 21 heavy (non-hydrogen) atoms. The van der Waals surface area contributed by atoms with Crippen molar-refractivity contribution in [2.75, 3.05) is 26.4 Å². The van der Waals surface area contributed by atoms with Crippen LogP contribution in [0.3, 0.4) is 0 Å². The summed E-state index contributed by atoms with van der Waals surface area (Å²) in [5.41, 5.74) is 0.852. The van der Waals surface area contributed by atoms with Gasteiger partial charge in [0.2, 0.25) is 6.79 Å². The SMILES string of the molecule is CC(CNCc1cc2c(cc1O)OCO2)N1CCCCC1. The van der Waals surface area contributed by atoms with Gasteiger partial charge in [0.25, 0.3) is 0 Å². The van der Waals surface area contributed by atoms with Crippen molar-refractivity contribution in [3.05, 3.63) is 17.7 Å². The summed E-state index contributed by atoms with van der Waals surface area (Å²) in [4.78, 5) is 2.54. The first kappa shape index (κ1) is 14.5. The predicted octanol–water partition coefficient (Wildman–Crippen LogP) is 2.08. The molecule has 0 spiro atoms. The van der Waals surface area contributed by atoms with Crippen molar-refractivity contribution in [3.8, 4) is 17.2 Å². The van der Waals surface area contributed by atoms with Crippen LogP contribution in [-0.4, -0.2) is 42.5 Å². The molecule has 2 aliphatic rings. The first-order valence-electron chi connectivity index (χ1n) is 7.80. The molecule has 2 aliphatic heterocycles. The third-order valence-corrected chi connectivity index (χ3v) is 4.34. The number of ether oxygens (including phenoxy) is 2. The van der Waals surface area contributed by atoms with Crippen molar-refractivity contribution >= 4 is 0 Å². The maximum absolute atomic E-state index is 10.0. The van der Waals surface area contributed by atoms with Crippen LogP contribution >= 0.6 is 0 Å². The Balaban J connectivity index is 1.51. The number of nitrogens with one attached hydrogen (secondary N) is 1. The largest absolute Gasteiger partial charge is 0.507 e. The van der Waals surface area contributed by atoms with Crippen molar-refractivity contribution in [1.82, 2.24) is 10.2 Å². The number of hydrogen-bond acceptors (Lipinski definition) is 5. The van der Waals surface area contributed by atoms with E-state index in [0.717, 1.165) is 12.1 Å².